The van der Waals surface area contributed by atoms with Gasteiger partial charge in [0.15, 0.2) is 0 Å². The highest BCUT2D eigenvalue weighted by molar-refractivity contribution is 7.87. The Kier molecular flexibility index (Phi) is 3.16. The van der Waals surface area contributed by atoms with Crippen molar-refractivity contribution >= 4 is 15.8 Å². The first kappa shape index (κ1) is 15.4. The van der Waals surface area contributed by atoms with Gasteiger partial charge < -0.3 is 10.2 Å². The summed E-state index contributed by atoms with van der Waals surface area (Å²) in [7, 11) is -2.10. The van der Waals surface area contributed by atoms with Crippen LogP contribution < -0.4 is 5.32 Å². The molecule has 2 N–H and O–H groups in total. The summed E-state index contributed by atoms with van der Waals surface area (Å²) in [6.07, 6.45) is 1.53. The monoisotopic (exact) mass is 336 g/mol. The molecule has 4 rings (SSSR count). The van der Waals surface area contributed by atoms with Crippen molar-refractivity contribution in [2.75, 3.05) is 18.9 Å². The van der Waals surface area contributed by atoms with E-state index in [9.17, 15) is 13.0 Å². The molecule has 5 nitrogen and oxygen atoms in total. The van der Waals surface area contributed by atoms with Gasteiger partial charge in [0, 0.05) is 36.2 Å². The third-order valence-electron chi connectivity index (χ3n) is 6.28. The van der Waals surface area contributed by atoms with Crippen molar-refractivity contribution in [1.82, 2.24) is 4.90 Å². The molecule has 126 valence electrons. The van der Waals surface area contributed by atoms with Crippen LogP contribution in [0.1, 0.15) is 49.7 Å². The van der Waals surface area contributed by atoms with Crippen LogP contribution >= 0.6 is 0 Å². The average Bonchev–Trinajstić information content (AvgIpc) is 2.77. The van der Waals surface area contributed by atoms with Crippen molar-refractivity contribution in [2.24, 2.45) is 0 Å². The van der Waals surface area contributed by atoms with Gasteiger partial charge in [-0.1, -0.05) is 12.1 Å². The maximum absolute atomic E-state index is 12.0. The molecule has 3 aliphatic rings. The number of piperidine rings is 1. The van der Waals surface area contributed by atoms with Gasteiger partial charge in [0.2, 0.25) is 0 Å². The lowest BCUT2D eigenvalue weighted by atomic mass is 9.67. The average molecular weight is 336 g/mol. The number of likely N-dealkylation sites (N-methyl/N-ethyl adjacent to an activating group) is 1. The second-order valence-corrected chi connectivity index (χ2v) is 9.74. The van der Waals surface area contributed by atoms with E-state index in [-0.39, 0.29) is 5.92 Å². The highest BCUT2D eigenvalue weighted by Crippen LogP contribution is 2.53. The van der Waals surface area contributed by atoms with Crippen LogP contribution in [0.2, 0.25) is 0 Å². The number of fused-ring (bicyclic) bond motifs is 2. The van der Waals surface area contributed by atoms with Gasteiger partial charge in [-0.15, -0.1) is 0 Å². The Morgan fingerprint density at radius 2 is 2.09 bits per heavy atom. The highest BCUT2D eigenvalue weighted by atomic mass is 32.2. The molecular formula is C17H24N2O3S. The van der Waals surface area contributed by atoms with Gasteiger partial charge in [-0.3, -0.25) is 4.55 Å². The quantitative estimate of drug-likeness (QED) is 0.771. The summed E-state index contributed by atoms with van der Waals surface area (Å²) < 4.78 is 32.6. The van der Waals surface area contributed by atoms with E-state index in [1.54, 1.807) is 6.92 Å². The molecule has 1 fully saturated rings. The number of hydrogen-bond acceptors (Lipinski definition) is 4. The van der Waals surface area contributed by atoms with E-state index in [1.165, 1.54) is 16.8 Å². The van der Waals surface area contributed by atoms with E-state index in [0.717, 1.165) is 6.42 Å². The summed E-state index contributed by atoms with van der Waals surface area (Å²) in [6, 6.07) is 7.06. The van der Waals surface area contributed by atoms with Crippen molar-refractivity contribution in [3.8, 4) is 0 Å². The molecule has 23 heavy (non-hydrogen) atoms. The van der Waals surface area contributed by atoms with Crippen molar-refractivity contribution < 1.29 is 13.0 Å². The zero-order chi connectivity index (χ0) is 16.6. The minimum atomic E-state index is -4.09. The van der Waals surface area contributed by atoms with Crippen LogP contribution in [0.5, 0.6) is 0 Å². The maximum atomic E-state index is 12.0. The van der Waals surface area contributed by atoms with Crippen LogP contribution in [0.3, 0.4) is 0 Å². The maximum Gasteiger partial charge on any atom is 0.271 e. The van der Waals surface area contributed by atoms with Crippen LogP contribution in [-0.2, 0) is 10.1 Å². The third-order valence-corrected chi connectivity index (χ3v) is 7.82. The fraction of sp³-hybridized carbons (Fsp3) is 0.647. The lowest BCUT2D eigenvalue weighted by molar-refractivity contribution is 0.106. The second kappa shape index (κ2) is 4.71. The number of nitrogens with one attached hydrogen (secondary N) is 1. The Balaban J connectivity index is 1.83. The third kappa shape index (κ3) is 2.08. The number of rotatable bonds is 1. The Bertz CT molecular complexity index is 763. The number of nitrogens with zero attached hydrogens (tertiary/aromatic N) is 1. The van der Waals surface area contributed by atoms with E-state index in [0.29, 0.717) is 31.0 Å². The fourth-order valence-corrected chi connectivity index (χ4v) is 5.85. The standard InChI is InChI=1S/C17H24N2O3S/c1-10-12-7-15-13(11-5-4-6-14(18-10)16(11)12)8-17(2,9-19(15)3)23(20,21)22/h4-6,10,12-13,15,18H,7-9H2,1-3H3,(H,20,21,22)/t10?,12?,13-,15-,17?/m1/s1. The molecule has 2 heterocycles. The molecular weight excluding hydrogens is 312 g/mol. The molecule has 6 heteroatoms. The molecule has 0 spiro atoms. The second-order valence-electron chi connectivity index (χ2n) is 7.80. The number of hydrogen-bond donors (Lipinski definition) is 2. The Morgan fingerprint density at radius 1 is 1.35 bits per heavy atom. The van der Waals surface area contributed by atoms with Crippen LogP contribution in [0.25, 0.3) is 0 Å². The Labute approximate surface area is 137 Å². The number of benzene rings is 1. The van der Waals surface area contributed by atoms with Crippen LogP contribution in [-0.4, -0.2) is 48.3 Å². The van der Waals surface area contributed by atoms with Crippen LogP contribution in [0.4, 0.5) is 5.69 Å². The van der Waals surface area contributed by atoms with E-state index in [4.69, 9.17) is 0 Å². The normalized spacial score (nSPS) is 39.5. The predicted octanol–water partition coefficient (Wildman–Crippen LogP) is 2.42. The molecule has 5 atom stereocenters. The number of likely N-dealkylation sites (tertiary alicyclic amines) is 1. The smallest absolute Gasteiger partial charge is 0.271 e. The van der Waals surface area contributed by atoms with E-state index in [1.807, 2.05) is 7.05 Å². The van der Waals surface area contributed by atoms with Crippen molar-refractivity contribution in [3.63, 3.8) is 0 Å². The summed E-state index contributed by atoms with van der Waals surface area (Å²) >= 11 is 0. The first-order valence-corrected chi connectivity index (χ1v) is 9.72. The van der Waals surface area contributed by atoms with Gasteiger partial charge in [0.1, 0.15) is 4.75 Å². The van der Waals surface area contributed by atoms with Crippen LogP contribution in [0.15, 0.2) is 18.2 Å². The van der Waals surface area contributed by atoms with Gasteiger partial charge in [-0.2, -0.15) is 8.42 Å². The van der Waals surface area contributed by atoms with Gasteiger partial charge in [0.05, 0.1) is 0 Å². The molecule has 1 saturated heterocycles. The molecule has 0 radical (unpaired) electrons. The SMILES string of the molecule is CC1Nc2cccc3c2C1C[C@@H]1[C@@H]3CC(C)(S(=O)(=O)O)CN1C. The molecule has 0 saturated carbocycles. The summed E-state index contributed by atoms with van der Waals surface area (Å²) in [6.45, 7) is 4.28. The highest BCUT2D eigenvalue weighted by Gasteiger charge is 2.52. The Hall–Kier alpha value is -1.11. The van der Waals surface area contributed by atoms with Crippen molar-refractivity contribution in [3.05, 3.63) is 29.3 Å². The van der Waals surface area contributed by atoms with E-state index in [2.05, 4.69) is 35.3 Å². The molecule has 1 aromatic carbocycles. The molecule has 0 amide bonds. The van der Waals surface area contributed by atoms with Gasteiger partial charge >= 0.3 is 0 Å². The van der Waals surface area contributed by atoms with Gasteiger partial charge in [-0.25, -0.2) is 0 Å². The zero-order valence-electron chi connectivity index (χ0n) is 13.8. The molecule has 2 aliphatic heterocycles. The van der Waals surface area contributed by atoms with Crippen LogP contribution in [0, 0.1) is 0 Å². The largest absolute Gasteiger partial charge is 0.382 e. The molecule has 0 aromatic heterocycles. The molecule has 1 aliphatic carbocycles. The molecule has 0 bridgehead atoms. The Morgan fingerprint density at radius 3 is 2.78 bits per heavy atom. The first-order valence-electron chi connectivity index (χ1n) is 8.28. The molecule has 1 aromatic rings. The van der Waals surface area contributed by atoms with Crippen molar-refractivity contribution in [2.45, 2.75) is 55.4 Å². The van der Waals surface area contributed by atoms with E-state index >= 15 is 0 Å². The topological polar surface area (TPSA) is 69.6 Å². The van der Waals surface area contributed by atoms with Gasteiger partial charge in [-0.05, 0) is 50.9 Å². The van der Waals surface area contributed by atoms with Crippen molar-refractivity contribution in [1.29, 1.82) is 0 Å². The molecule has 3 unspecified atom stereocenters. The summed E-state index contributed by atoms with van der Waals surface area (Å²) in [4.78, 5) is 2.14. The van der Waals surface area contributed by atoms with E-state index < -0.39 is 14.9 Å². The summed E-state index contributed by atoms with van der Waals surface area (Å²) in [5.41, 5.74) is 3.83. The lowest BCUT2D eigenvalue weighted by Gasteiger charge is -2.50. The fourth-order valence-electron chi connectivity index (χ4n) is 5.09. The minimum absolute atomic E-state index is 0.152. The first-order chi connectivity index (χ1) is 10.7. The number of anilines is 1. The van der Waals surface area contributed by atoms with Gasteiger partial charge in [0.25, 0.3) is 10.1 Å². The lowest BCUT2D eigenvalue weighted by Crippen LogP contribution is -2.57. The minimum Gasteiger partial charge on any atom is -0.382 e. The summed E-state index contributed by atoms with van der Waals surface area (Å²) in [5.74, 6) is 0.638. The predicted molar refractivity (Wildman–Crippen MR) is 90.6 cm³/mol. The zero-order valence-corrected chi connectivity index (χ0v) is 14.6. The summed E-state index contributed by atoms with van der Waals surface area (Å²) in [5, 5.41) is 3.57.